The van der Waals surface area contributed by atoms with Crippen LogP contribution in [0.4, 0.5) is 14.5 Å². The third-order valence-corrected chi connectivity index (χ3v) is 4.40. The Labute approximate surface area is 174 Å². The molecule has 0 heterocycles. The van der Waals surface area contributed by atoms with E-state index in [1.165, 1.54) is 6.07 Å². The molecule has 0 spiro atoms. The highest BCUT2D eigenvalue weighted by Crippen LogP contribution is 2.27. The van der Waals surface area contributed by atoms with Crippen LogP contribution in [0.5, 0.6) is 11.5 Å². The number of hydrogen-bond acceptors (Lipinski definition) is 4. The molecular weight excluding hydrogens is 396 g/mol. The predicted molar refractivity (Wildman–Crippen MR) is 108 cm³/mol. The number of likely N-dealkylation sites (N-methyl/N-ethyl adjacent to an activating group) is 1. The Morgan fingerprint density at radius 1 is 0.967 bits per heavy atom. The van der Waals surface area contributed by atoms with Crippen LogP contribution >= 0.6 is 0 Å². The van der Waals surface area contributed by atoms with Crippen molar-refractivity contribution in [1.82, 2.24) is 5.32 Å². The molecular formula is C21H26F2N3O4+. The number of anilines is 1. The number of quaternary nitrogens is 1. The summed E-state index contributed by atoms with van der Waals surface area (Å²) in [6.45, 7) is 0.622. The molecule has 0 saturated carbocycles. The Kier molecular flexibility index (Phi) is 8.54. The summed E-state index contributed by atoms with van der Waals surface area (Å²) in [5, 5.41) is 4.91. The fraction of sp³-hybridized carbons (Fsp3) is 0.333. The molecule has 0 aliphatic rings. The molecule has 0 saturated heterocycles. The van der Waals surface area contributed by atoms with Crippen molar-refractivity contribution in [1.29, 1.82) is 0 Å². The van der Waals surface area contributed by atoms with Crippen LogP contribution in [0.3, 0.4) is 0 Å². The Bertz CT molecular complexity index is 893. The topological polar surface area (TPSA) is 81.1 Å². The number of halogens is 2. The highest BCUT2D eigenvalue weighted by Gasteiger charge is 2.13. The molecule has 2 aromatic rings. The lowest BCUT2D eigenvalue weighted by Gasteiger charge is -2.15. The zero-order valence-corrected chi connectivity index (χ0v) is 17.2. The van der Waals surface area contributed by atoms with E-state index >= 15 is 0 Å². The highest BCUT2D eigenvalue weighted by molar-refractivity contribution is 5.94. The van der Waals surface area contributed by atoms with E-state index in [4.69, 9.17) is 9.47 Å². The lowest BCUT2D eigenvalue weighted by atomic mass is 10.1. The minimum absolute atomic E-state index is 0.116. The van der Waals surface area contributed by atoms with Gasteiger partial charge in [-0.05, 0) is 29.8 Å². The van der Waals surface area contributed by atoms with E-state index < -0.39 is 17.5 Å². The summed E-state index contributed by atoms with van der Waals surface area (Å²) >= 11 is 0. The van der Waals surface area contributed by atoms with Gasteiger partial charge in [0.1, 0.15) is 0 Å². The van der Waals surface area contributed by atoms with Crippen LogP contribution < -0.4 is 25.0 Å². The first kappa shape index (κ1) is 23.1. The molecule has 7 nitrogen and oxygen atoms in total. The molecule has 2 amide bonds. The molecule has 9 heteroatoms. The van der Waals surface area contributed by atoms with Gasteiger partial charge < -0.3 is 25.0 Å². The van der Waals surface area contributed by atoms with Crippen molar-refractivity contribution in [2.24, 2.45) is 0 Å². The Morgan fingerprint density at radius 2 is 1.70 bits per heavy atom. The highest BCUT2D eigenvalue weighted by atomic mass is 19.2. The zero-order valence-electron chi connectivity index (χ0n) is 17.2. The average Bonchev–Trinajstić information content (AvgIpc) is 2.73. The van der Waals surface area contributed by atoms with E-state index in [9.17, 15) is 18.4 Å². The van der Waals surface area contributed by atoms with Gasteiger partial charge >= 0.3 is 0 Å². The smallest absolute Gasteiger partial charge is 0.275 e. The van der Waals surface area contributed by atoms with Crippen molar-refractivity contribution in [3.05, 3.63) is 53.6 Å². The van der Waals surface area contributed by atoms with Crippen molar-refractivity contribution in [2.75, 3.05) is 46.2 Å². The number of hydrogen-bond donors (Lipinski definition) is 3. The fourth-order valence-electron chi connectivity index (χ4n) is 2.78. The quantitative estimate of drug-likeness (QED) is 0.529. The second-order valence-electron chi connectivity index (χ2n) is 6.78. The lowest BCUT2D eigenvalue weighted by molar-refractivity contribution is -0.870. The molecule has 3 N–H and O–H groups in total. The van der Waals surface area contributed by atoms with E-state index in [1.807, 2.05) is 25.2 Å². The lowest BCUT2D eigenvalue weighted by Crippen LogP contribution is -3.10. The van der Waals surface area contributed by atoms with Gasteiger partial charge in [0.2, 0.25) is 5.91 Å². The van der Waals surface area contributed by atoms with Crippen LogP contribution in [0.2, 0.25) is 0 Å². The first-order valence-corrected chi connectivity index (χ1v) is 9.36. The number of methoxy groups -OCH3 is 2. The second kappa shape index (κ2) is 11.1. The van der Waals surface area contributed by atoms with Crippen molar-refractivity contribution in [2.45, 2.75) is 6.42 Å². The maximum absolute atomic E-state index is 13.2. The zero-order chi connectivity index (χ0) is 22.1. The molecule has 0 radical (unpaired) electrons. The molecule has 30 heavy (non-hydrogen) atoms. The van der Waals surface area contributed by atoms with Crippen LogP contribution in [0, 0.1) is 11.6 Å². The Hall–Kier alpha value is -3.20. The van der Waals surface area contributed by atoms with E-state index in [1.54, 1.807) is 14.2 Å². The fourth-order valence-corrected chi connectivity index (χ4v) is 2.78. The maximum atomic E-state index is 13.2. The Morgan fingerprint density at radius 3 is 2.37 bits per heavy atom. The standard InChI is InChI=1S/C21H25F2N3O4/c1-26(9-8-14-4-7-18(29-2)19(10-14)30-3)13-21(28)24-12-20(27)25-15-5-6-16(22)17(23)11-15/h4-7,10-11H,8-9,12-13H2,1-3H3,(H,24,28)(H,25,27)/p+1. The van der Waals surface area contributed by atoms with Crippen LogP contribution in [0.25, 0.3) is 0 Å². The summed E-state index contributed by atoms with van der Waals surface area (Å²) in [5.41, 5.74) is 1.17. The number of carbonyl (C=O) groups excluding carboxylic acids is 2. The van der Waals surface area contributed by atoms with Gasteiger partial charge in [-0.15, -0.1) is 0 Å². The maximum Gasteiger partial charge on any atom is 0.275 e. The van der Waals surface area contributed by atoms with E-state index in [-0.39, 0.29) is 24.7 Å². The van der Waals surface area contributed by atoms with Gasteiger partial charge in [-0.25, -0.2) is 8.78 Å². The van der Waals surface area contributed by atoms with Crippen molar-refractivity contribution < 1.29 is 32.7 Å². The third kappa shape index (κ3) is 7.00. The number of benzene rings is 2. The number of ether oxygens (including phenoxy) is 2. The van der Waals surface area contributed by atoms with Crippen LogP contribution in [0.15, 0.2) is 36.4 Å². The number of nitrogens with one attached hydrogen (secondary N) is 3. The average molecular weight is 422 g/mol. The van der Waals surface area contributed by atoms with Gasteiger partial charge in [-0.3, -0.25) is 9.59 Å². The summed E-state index contributed by atoms with van der Waals surface area (Å²) in [7, 11) is 5.03. The van der Waals surface area contributed by atoms with Crippen molar-refractivity contribution in [3.8, 4) is 11.5 Å². The summed E-state index contributed by atoms with van der Waals surface area (Å²) < 4.78 is 36.5. The molecule has 162 valence electrons. The largest absolute Gasteiger partial charge is 0.493 e. The molecule has 1 atom stereocenters. The van der Waals surface area contributed by atoms with E-state index in [0.29, 0.717) is 18.0 Å². The molecule has 0 aromatic heterocycles. The van der Waals surface area contributed by atoms with Gasteiger partial charge in [0.25, 0.3) is 5.91 Å². The molecule has 0 aliphatic carbocycles. The molecule has 0 fully saturated rings. The van der Waals surface area contributed by atoms with E-state index in [0.717, 1.165) is 29.0 Å². The SMILES string of the molecule is COc1ccc(CC[NH+](C)CC(=O)NCC(=O)Nc2ccc(F)c(F)c2)cc1OC. The molecule has 0 aliphatic heterocycles. The van der Waals surface area contributed by atoms with Crippen LogP contribution in [-0.2, 0) is 16.0 Å². The van der Waals surface area contributed by atoms with Crippen molar-refractivity contribution in [3.63, 3.8) is 0 Å². The first-order chi connectivity index (χ1) is 14.3. The number of carbonyl (C=O) groups is 2. The second-order valence-corrected chi connectivity index (χ2v) is 6.78. The van der Waals surface area contributed by atoms with Crippen LogP contribution in [0.1, 0.15) is 5.56 Å². The normalized spacial score (nSPS) is 11.5. The molecule has 0 bridgehead atoms. The number of amides is 2. The van der Waals surface area contributed by atoms with E-state index in [2.05, 4.69) is 10.6 Å². The minimum atomic E-state index is -1.06. The Balaban J connectivity index is 1.73. The molecule has 2 rings (SSSR count). The van der Waals surface area contributed by atoms with Gasteiger partial charge in [-0.1, -0.05) is 6.07 Å². The monoisotopic (exact) mass is 422 g/mol. The van der Waals surface area contributed by atoms with Crippen LogP contribution in [-0.4, -0.2) is 52.7 Å². The summed E-state index contributed by atoms with van der Waals surface area (Å²) in [5.74, 6) is -1.57. The summed E-state index contributed by atoms with van der Waals surface area (Å²) in [4.78, 5) is 24.9. The predicted octanol–water partition coefficient (Wildman–Crippen LogP) is 0.794. The van der Waals surface area contributed by atoms with Crippen molar-refractivity contribution >= 4 is 17.5 Å². The van der Waals surface area contributed by atoms with Gasteiger partial charge in [-0.2, -0.15) is 0 Å². The van der Waals surface area contributed by atoms with Gasteiger partial charge in [0.15, 0.2) is 29.7 Å². The molecule has 1 unspecified atom stereocenters. The summed E-state index contributed by atoms with van der Waals surface area (Å²) in [6, 6.07) is 8.71. The first-order valence-electron chi connectivity index (χ1n) is 9.36. The number of rotatable bonds is 10. The third-order valence-electron chi connectivity index (χ3n) is 4.40. The van der Waals surface area contributed by atoms with Gasteiger partial charge in [0, 0.05) is 18.2 Å². The minimum Gasteiger partial charge on any atom is -0.493 e. The van der Waals surface area contributed by atoms with Gasteiger partial charge in [0.05, 0.1) is 34.4 Å². The summed E-state index contributed by atoms with van der Waals surface area (Å²) in [6.07, 6.45) is 0.732. The molecule has 2 aromatic carbocycles.